The molecule has 3 aromatic heterocycles. The van der Waals surface area contributed by atoms with Crippen LogP contribution in [0, 0.1) is 17.9 Å². The molecule has 3 aromatic rings. The van der Waals surface area contributed by atoms with E-state index in [0.29, 0.717) is 27.8 Å². The van der Waals surface area contributed by atoms with Crippen molar-refractivity contribution >= 4 is 29.1 Å². The van der Waals surface area contributed by atoms with Gasteiger partial charge in [-0.25, -0.2) is 19.8 Å². The van der Waals surface area contributed by atoms with E-state index in [2.05, 4.69) is 44.6 Å². The minimum atomic E-state index is -0.126. The number of hydrogen-bond donors (Lipinski definition) is 2. The third-order valence-electron chi connectivity index (χ3n) is 5.03. The maximum absolute atomic E-state index is 9.95. The van der Waals surface area contributed by atoms with Crippen LogP contribution in [0.1, 0.15) is 25.0 Å². The third kappa shape index (κ3) is 5.54. The van der Waals surface area contributed by atoms with E-state index in [4.69, 9.17) is 22.1 Å². The first-order valence-electron chi connectivity index (χ1n) is 10.7. The van der Waals surface area contributed by atoms with E-state index in [1.807, 2.05) is 18.3 Å². The summed E-state index contributed by atoms with van der Waals surface area (Å²) in [5.41, 5.74) is 8.41. The number of hydrogen-bond acceptors (Lipinski definition) is 9. The molecule has 3 heterocycles. The van der Waals surface area contributed by atoms with Crippen molar-refractivity contribution in [3.63, 3.8) is 0 Å². The van der Waals surface area contributed by atoms with Gasteiger partial charge in [0.15, 0.2) is 0 Å². The largest absolute Gasteiger partial charge is 0.475 e. The molecule has 0 amide bonds. The molecule has 0 radical (unpaired) electrons. The van der Waals surface area contributed by atoms with Gasteiger partial charge in [-0.2, -0.15) is 5.26 Å². The Kier molecular flexibility index (Phi) is 8.63. The maximum Gasteiger partial charge on any atom is 0.237 e. The van der Waals surface area contributed by atoms with Crippen LogP contribution in [0.5, 0.6) is 5.88 Å². The van der Waals surface area contributed by atoms with Crippen molar-refractivity contribution in [1.29, 1.82) is 5.26 Å². The Morgan fingerprint density at radius 2 is 2.00 bits per heavy atom. The molecule has 0 bridgehead atoms. The molecule has 0 unspecified atom stereocenters. The van der Waals surface area contributed by atoms with E-state index in [9.17, 15) is 5.26 Å². The van der Waals surface area contributed by atoms with Gasteiger partial charge in [-0.15, -0.1) is 11.8 Å². The number of nitriles is 1. The van der Waals surface area contributed by atoms with Gasteiger partial charge >= 0.3 is 0 Å². The van der Waals surface area contributed by atoms with Gasteiger partial charge in [0.25, 0.3) is 0 Å². The number of ether oxygens (including phenoxy) is 1. The molecule has 0 saturated carbocycles. The molecule has 0 aliphatic rings. The minimum absolute atomic E-state index is 0.0575. The third-order valence-corrected chi connectivity index (χ3v) is 6.07. The quantitative estimate of drug-likeness (QED) is 0.330. The average Bonchev–Trinajstić information content (AvgIpc) is 2.87. The Balaban J connectivity index is 1.91. The lowest BCUT2D eigenvalue weighted by molar-refractivity contribution is 0.196. The molecule has 174 valence electrons. The molecule has 0 fully saturated rings. The number of nitrogen functional groups attached to an aromatic ring is 1. The van der Waals surface area contributed by atoms with Gasteiger partial charge in [-0.05, 0) is 37.1 Å². The number of aromatic nitrogens is 3. The number of aliphatic hydroxyl groups is 1. The number of pyridine rings is 3. The van der Waals surface area contributed by atoms with E-state index in [1.165, 1.54) is 18.0 Å². The molecule has 0 atom stereocenters. The van der Waals surface area contributed by atoms with Crippen LogP contribution in [0.15, 0.2) is 41.7 Å². The Labute approximate surface area is 203 Å². The second-order valence-electron chi connectivity index (χ2n) is 7.07. The van der Waals surface area contributed by atoms with Gasteiger partial charge in [0.05, 0.1) is 18.7 Å². The highest BCUT2D eigenvalue weighted by Gasteiger charge is 2.21. The number of aliphatic hydroxyl groups excluding tert-OH is 1. The highest BCUT2D eigenvalue weighted by molar-refractivity contribution is 7.98. The van der Waals surface area contributed by atoms with Crippen LogP contribution in [0.4, 0.5) is 17.3 Å². The lowest BCUT2D eigenvalue weighted by Crippen LogP contribution is -2.22. The normalized spacial score (nSPS) is 10.4. The van der Waals surface area contributed by atoms with Gasteiger partial charge in [-0.3, -0.25) is 0 Å². The van der Waals surface area contributed by atoms with E-state index >= 15 is 0 Å². The summed E-state index contributed by atoms with van der Waals surface area (Å²) in [6.45, 7) is 13.5. The summed E-state index contributed by atoms with van der Waals surface area (Å²) in [5.74, 6) is 1.84. The van der Waals surface area contributed by atoms with Gasteiger partial charge in [0.1, 0.15) is 29.3 Å². The second kappa shape index (κ2) is 11.8. The van der Waals surface area contributed by atoms with Crippen LogP contribution in [0.25, 0.3) is 16.0 Å². The zero-order chi connectivity index (χ0) is 24.5. The van der Waals surface area contributed by atoms with Crippen LogP contribution in [-0.4, -0.2) is 46.4 Å². The van der Waals surface area contributed by atoms with E-state index < -0.39 is 0 Å². The molecule has 3 N–H and O–H groups in total. The molecule has 34 heavy (non-hydrogen) atoms. The van der Waals surface area contributed by atoms with Crippen LogP contribution < -0.4 is 15.4 Å². The van der Waals surface area contributed by atoms with Crippen molar-refractivity contribution in [2.75, 3.05) is 36.9 Å². The lowest BCUT2D eigenvalue weighted by Gasteiger charge is -2.19. The molecular weight excluding hydrogens is 450 g/mol. The van der Waals surface area contributed by atoms with Crippen molar-refractivity contribution in [2.24, 2.45) is 0 Å². The molecule has 9 nitrogen and oxygen atoms in total. The summed E-state index contributed by atoms with van der Waals surface area (Å²) in [4.78, 5) is 18.8. The molecular formula is C24H25N7O2S. The number of anilines is 2. The lowest BCUT2D eigenvalue weighted by atomic mass is 10.0. The fourth-order valence-corrected chi connectivity index (χ4v) is 4.26. The maximum atomic E-state index is 9.95. The van der Waals surface area contributed by atoms with E-state index in [-0.39, 0.29) is 30.3 Å². The Hall–Kier alpha value is -3.86. The van der Waals surface area contributed by atoms with Crippen molar-refractivity contribution in [3.05, 3.63) is 59.2 Å². The summed E-state index contributed by atoms with van der Waals surface area (Å²) < 4.78 is 5.29. The van der Waals surface area contributed by atoms with Crippen LogP contribution in [0.3, 0.4) is 0 Å². The van der Waals surface area contributed by atoms with Crippen LogP contribution >= 0.6 is 11.8 Å². The summed E-state index contributed by atoms with van der Waals surface area (Å²) in [7, 11) is 0. The van der Waals surface area contributed by atoms with Crippen molar-refractivity contribution in [2.45, 2.75) is 24.6 Å². The topological polar surface area (TPSA) is 126 Å². The highest BCUT2D eigenvalue weighted by atomic mass is 32.2. The Morgan fingerprint density at radius 1 is 1.21 bits per heavy atom. The smallest absolute Gasteiger partial charge is 0.237 e. The summed E-state index contributed by atoms with van der Waals surface area (Å²) in [5, 5.41) is 19.3. The molecule has 0 spiro atoms. The number of nitrogens with zero attached hydrogens (tertiary/aromatic N) is 6. The summed E-state index contributed by atoms with van der Waals surface area (Å²) in [6.07, 6.45) is 3.33. The molecule has 0 aromatic carbocycles. The molecule has 0 aliphatic carbocycles. The first kappa shape index (κ1) is 24.8. The predicted octanol–water partition coefficient (Wildman–Crippen LogP) is 4.05. The fraction of sp³-hybridized carbons (Fsp3) is 0.292. The second-order valence-corrected chi connectivity index (χ2v) is 8.03. The standard InChI is InChI=1S/C24H25N7O2S/c1-4-31(5-2)19-8-6-16(13-28-19)15-34-24-18(12-25)21(22(27-3)23(26)30-24)17-7-9-20(29-14-17)33-11-10-32/h6-9,13-14,32H,4-5,10-11,15H2,1-2H3,(H2,26,30). The average molecular weight is 476 g/mol. The molecule has 10 heteroatoms. The van der Waals surface area contributed by atoms with Gasteiger partial charge < -0.3 is 20.5 Å². The Morgan fingerprint density at radius 3 is 2.56 bits per heavy atom. The minimum Gasteiger partial charge on any atom is -0.475 e. The molecule has 0 saturated heterocycles. The monoisotopic (exact) mass is 475 g/mol. The zero-order valence-corrected chi connectivity index (χ0v) is 19.8. The Bertz CT molecular complexity index is 1200. The number of nitrogens with two attached hydrogens (primary N) is 1. The van der Waals surface area contributed by atoms with E-state index in [0.717, 1.165) is 24.5 Å². The van der Waals surface area contributed by atoms with E-state index in [1.54, 1.807) is 12.1 Å². The summed E-state index contributed by atoms with van der Waals surface area (Å²) in [6, 6.07) is 9.50. The van der Waals surface area contributed by atoms with Crippen molar-refractivity contribution < 1.29 is 9.84 Å². The molecule has 0 aliphatic heterocycles. The first-order chi connectivity index (χ1) is 16.6. The SMILES string of the molecule is [C-]#[N+]c1c(N)nc(SCc2ccc(N(CC)CC)nc2)c(C#N)c1-c1ccc(OCCO)nc1. The summed E-state index contributed by atoms with van der Waals surface area (Å²) >= 11 is 1.36. The van der Waals surface area contributed by atoms with Gasteiger partial charge in [-0.1, -0.05) is 6.07 Å². The van der Waals surface area contributed by atoms with Crippen molar-refractivity contribution in [3.8, 4) is 23.1 Å². The number of thioether (sulfide) groups is 1. The molecule has 3 rings (SSSR count). The zero-order valence-electron chi connectivity index (χ0n) is 19.0. The fourth-order valence-electron chi connectivity index (χ4n) is 3.33. The highest BCUT2D eigenvalue weighted by Crippen LogP contribution is 2.41. The van der Waals surface area contributed by atoms with Crippen molar-refractivity contribution in [1.82, 2.24) is 15.0 Å². The predicted molar refractivity (Wildman–Crippen MR) is 133 cm³/mol. The first-order valence-corrected chi connectivity index (χ1v) is 11.7. The van der Waals surface area contributed by atoms with Gasteiger partial charge in [0.2, 0.25) is 11.6 Å². The van der Waals surface area contributed by atoms with Crippen LogP contribution in [-0.2, 0) is 5.75 Å². The van der Waals surface area contributed by atoms with Gasteiger partial charge in [0, 0.05) is 42.9 Å². The number of rotatable bonds is 10. The van der Waals surface area contributed by atoms with Crippen LogP contribution in [0.2, 0.25) is 0 Å².